The van der Waals surface area contributed by atoms with Crippen molar-refractivity contribution in [2.24, 2.45) is 0 Å². The molecule has 0 saturated heterocycles. The zero-order valence-corrected chi connectivity index (χ0v) is 13.8. The number of hydrogen-bond acceptors (Lipinski definition) is 5. The highest BCUT2D eigenvalue weighted by Crippen LogP contribution is 2.23. The second kappa shape index (κ2) is 6.71. The predicted molar refractivity (Wildman–Crippen MR) is 86.7 cm³/mol. The topological polar surface area (TPSA) is 110 Å². The van der Waals surface area contributed by atoms with E-state index in [-0.39, 0.29) is 21.7 Å². The fourth-order valence-electron chi connectivity index (χ4n) is 2.15. The first kappa shape index (κ1) is 17.5. The Hall–Kier alpha value is -2.87. The highest BCUT2D eigenvalue weighted by atomic mass is 32.2. The smallest absolute Gasteiger partial charge is 0.339 e. The van der Waals surface area contributed by atoms with Gasteiger partial charge < -0.3 is 9.84 Å². The van der Waals surface area contributed by atoms with Crippen LogP contribution in [0.2, 0.25) is 0 Å². The van der Waals surface area contributed by atoms with E-state index in [9.17, 15) is 18.0 Å². The van der Waals surface area contributed by atoms with Crippen LogP contribution in [0.3, 0.4) is 0 Å². The number of aryl methyl sites for hydroxylation is 1. The first-order chi connectivity index (χ1) is 11.3. The molecule has 2 N–H and O–H groups in total. The number of esters is 1. The zero-order valence-electron chi connectivity index (χ0n) is 12.9. The average Bonchev–Trinajstić information content (AvgIpc) is 2.53. The Balaban J connectivity index is 2.49. The molecule has 8 heteroatoms. The van der Waals surface area contributed by atoms with Crippen molar-refractivity contribution in [1.82, 2.24) is 0 Å². The lowest BCUT2D eigenvalue weighted by Gasteiger charge is -2.13. The molecule has 2 rings (SSSR count). The first-order valence-corrected chi connectivity index (χ1v) is 8.28. The lowest BCUT2D eigenvalue weighted by molar-refractivity contribution is 0.0594. The van der Waals surface area contributed by atoms with Gasteiger partial charge >= 0.3 is 11.9 Å². The summed E-state index contributed by atoms with van der Waals surface area (Å²) in [6.45, 7) is 1.59. The van der Waals surface area contributed by atoms with Crippen LogP contribution in [0.4, 0.5) is 5.69 Å². The molecule has 0 unspecified atom stereocenters. The number of carboxylic acids is 1. The third kappa shape index (κ3) is 3.54. The largest absolute Gasteiger partial charge is 0.478 e. The zero-order chi connectivity index (χ0) is 17.9. The molecule has 126 valence electrons. The van der Waals surface area contributed by atoms with Crippen LogP contribution in [0.25, 0.3) is 0 Å². The van der Waals surface area contributed by atoms with Gasteiger partial charge in [0.2, 0.25) is 0 Å². The van der Waals surface area contributed by atoms with E-state index in [4.69, 9.17) is 5.11 Å². The van der Waals surface area contributed by atoms with Gasteiger partial charge in [-0.1, -0.05) is 18.2 Å². The average molecular weight is 349 g/mol. The minimum absolute atomic E-state index is 0.0624. The minimum Gasteiger partial charge on any atom is -0.478 e. The second-order valence-corrected chi connectivity index (χ2v) is 6.58. The fourth-order valence-corrected chi connectivity index (χ4v) is 3.47. The summed E-state index contributed by atoms with van der Waals surface area (Å²) in [7, 11) is -2.95. The summed E-state index contributed by atoms with van der Waals surface area (Å²) in [6, 6.07) is 9.74. The van der Waals surface area contributed by atoms with Gasteiger partial charge in [0.15, 0.2) is 0 Å². The number of nitrogens with one attached hydrogen (secondary N) is 1. The molecule has 0 heterocycles. The van der Waals surface area contributed by atoms with Gasteiger partial charge in [0.1, 0.15) is 4.90 Å². The van der Waals surface area contributed by atoms with Gasteiger partial charge in [-0.2, -0.15) is 0 Å². The quantitative estimate of drug-likeness (QED) is 0.802. The van der Waals surface area contributed by atoms with Crippen molar-refractivity contribution in [2.75, 3.05) is 11.8 Å². The molecule has 0 spiro atoms. The van der Waals surface area contributed by atoms with Crippen molar-refractivity contribution in [3.8, 4) is 0 Å². The van der Waals surface area contributed by atoms with Crippen LogP contribution in [-0.4, -0.2) is 32.6 Å². The van der Waals surface area contributed by atoms with Gasteiger partial charge in [-0.3, -0.25) is 4.72 Å². The van der Waals surface area contributed by atoms with Gasteiger partial charge in [0, 0.05) is 5.69 Å². The molecule has 0 aliphatic rings. The van der Waals surface area contributed by atoms with Crippen molar-refractivity contribution < 1.29 is 27.9 Å². The lowest BCUT2D eigenvalue weighted by Crippen LogP contribution is -2.18. The van der Waals surface area contributed by atoms with Crippen LogP contribution in [0, 0.1) is 6.92 Å². The van der Waals surface area contributed by atoms with Crippen molar-refractivity contribution in [3.63, 3.8) is 0 Å². The molecule has 24 heavy (non-hydrogen) atoms. The molecule has 0 atom stereocenters. The summed E-state index contributed by atoms with van der Waals surface area (Å²) in [5.74, 6) is -1.95. The summed E-state index contributed by atoms with van der Waals surface area (Å²) < 4.78 is 32.1. The molecule has 0 fully saturated rings. The van der Waals surface area contributed by atoms with Crippen LogP contribution in [-0.2, 0) is 14.8 Å². The molecule has 2 aromatic rings. The number of carboxylic acid groups (broad SMARTS) is 1. The fraction of sp³-hybridized carbons (Fsp3) is 0.125. The second-order valence-electron chi connectivity index (χ2n) is 4.93. The Labute approximate surface area is 138 Å². The molecular formula is C16H15NO6S. The molecule has 2 aromatic carbocycles. The molecule has 0 bridgehead atoms. The summed E-state index contributed by atoms with van der Waals surface area (Å²) in [5, 5.41) is 8.97. The Kier molecular flexibility index (Phi) is 4.89. The van der Waals surface area contributed by atoms with E-state index < -0.39 is 22.0 Å². The van der Waals surface area contributed by atoms with Gasteiger partial charge in [-0.15, -0.1) is 0 Å². The monoisotopic (exact) mass is 349 g/mol. The van der Waals surface area contributed by atoms with Crippen molar-refractivity contribution in [2.45, 2.75) is 11.8 Å². The number of aromatic carboxylic acids is 1. The molecule has 0 aliphatic heterocycles. The predicted octanol–water partition coefficient (Wildman–Crippen LogP) is 2.28. The number of methoxy groups -OCH3 is 1. The van der Waals surface area contributed by atoms with Crippen molar-refractivity contribution in [3.05, 3.63) is 59.2 Å². The maximum atomic E-state index is 12.6. The number of carbonyl (C=O) groups is 2. The van der Waals surface area contributed by atoms with Crippen LogP contribution in [0.5, 0.6) is 0 Å². The Morgan fingerprint density at radius 3 is 2.42 bits per heavy atom. The van der Waals surface area contributed by atoms with Crippen LogP contribution >= 0.6 is 0 Å². The maximum Gasteiger partial charge on any atom is 0.339 e. The minimum atomic E-state index is -4.11. The number of sulfonamides is 1. The first-order valence-electron chi connectivity index (χ1n) is 6.80. The number of carbonyl (C=O) groups excluding carboxylic acids is 1. The summed E-state index contributed by atoms with van der Waals surface area (Å²) in [5.41, 5.74) is 0.394. The normalized spacial score (nSPS) is 10.9. The Morgan fingerprint density at radius 1 is 1.12 bits per heavy atom. The molecule has 0 amide bonds. The summed E-state index contributed by atoms with van der Waals surface area (Å²) in [6.07, 6.45) is 0. The Bertz CT molecular complexity index is 905. The molecule has 0 aromatic heterocycles. The third-order valence-corrected chi connectivity index (χ3v) is 4.70. The number of ether oxygens (including phenoxy) is 1. The van der Waals surface area contributed by atoms with E-state index in [0.29, 0.717) is 5.56 Å². The van der Waals surface area contributed by atoms with Gasteiger partial charge in [0.05, 0.1) is 18.2 Å². The highest BCUT2D eigenvalue weighted by Gasteiger charge is 2.25. The van der Waals surface area contributed by atoms with Crippen molar-refractivity contribution in [1.29, 1.82) is 0 Å². The molecular weight excluding hydrogens is 334 g/mol. The SMILES string of the molecule is COC(=O)c1c(C)cccc1S(=O)(=O)Nc1cccc(C(=O)O)c1. The van der Waals surface area contributed by atoms with Crippen LogP contribution in [0.15, 0.2) is 47.4 Å². The van der Waals surface area contributed by atoms with E-state index in [1.54, 1.807) is 13.0 Å². The summed E-state index contributed by atoms with van der Waals surface area (Å²) in [4.78, 5) is 22.6. The van der Waals surface area contributed by atoms with E-state index in [2.05, 4.69) is 9.46 Å². The number of benzene rings is 2. The van der Waals surface area contributed by atoms with Crippen LogP contribution < -0.4 is 4.72 Å². The van der Waals surface area contributed by atoms with Crippen LogP contribution in [0.1, 0.15) is 26.3 Å². The van der Waals surface area contributed by atoms with Gasteiger partial charge in [0.25, 0.3) is 10.0 Å². The van der Waals surface area contributed by atoms with E-state index >= 15 is 0 Å². The maximum absolute atomic E-state index is 12.6. The van der Waals surface area contributed by atoms with E-state index in [1.807, 2.05) is 0 Å². The van der Waals surface area contributed by atoms with Gasteiger partial charge in [-0.05, 0) is 36.8 Å². The Morgan fingerprint density at radius 2 is 1.79 bits per heavy atom. The molecule has 0 radical (unpaired) electrons. The standard InChI is InChI=1S/C16H15NO6S/c1-10-5-3-8-13(14(10)16(20)23-2)24(21,22)17-12-7-4-6-11(9-12)15(18)19/h3-9,17H,1-2H3,(H,18,19). The third-order valence-electron chi connectivity index (χ3n) is 3.28. The number of anilines is 1. The molecule has 0 aliphatic carbocycles. The lowest BCUT2D eigenvalue weighted by atomic mass is 10.1. The molecule has 7 nitrogen and oxygen atoms in total. The van der Waals surface area contributed by atoms with Gasteiger partial charge in [-0.25, -0.2) is 18.0 Å². The molecule has 0 saturated carbocycles. The number of hydrogen-bond donors (Lipinski definition) is 2. The van der Waals surface area contributed by atoms with E-state index in [1.165, 1.54) is 36.4 Å². The highest BCUT2D eigenvalue weighted by molar-refractivity contribution is 7.92. The van der Waals surface area contributed by atoms with E-state index in [0.717, 1.165) is 7.11 Å². The number of rotatable bonds is 5. The summed E-state index contributed by atoms with van der Waals surface area (Å²) >= 11 is 0. The van der Waals surface area contributed by atoms with Crippen molar-refractivity contribution >= 4 is 27.6 Å².